The third-order valence-corrected chi connectivity index (χ3v) is 2.80. The Labute approximate surface area is 110 Å². The molecule has 0 spiro atoms. The van der Waals surface area contributed by atoms with Gasteiger partial charge in [-0.1, -0.05) is 31.5 Å². The number of hydrogen-bond acceptors (Lipinski definition) is 2. The molecule has 0 radical (unpaired) electrons. The zero-order valence-electron chi connectivity index (χ0n) is 11.6. The van der Waals surface area contributed by atoms with Crippen LogP contribution in [0.1, 0.15) is 36.2 Å². The van der Waals surface area contributed by atoms with Gasteiger partial charge in [-0.25, -0.2) is 0 Å². The van der Waals surface area contributed by atoms with Gasteiger partial charge in [0.2, 0.25) is 0 Å². The summed E-state index contributed by atoms with van der Waals surface area (Å²) in [5.74, 6) is 0.723. The van der Waals surface area contributed by atoms with Crippen molar-refractivity contribution in [3.8, 4) is 0 Å². The molecule has 2 N–H and O–H groups in total. The summed E-state index contributed by atoms with van der Waals surface area (Å²) in [6.45, 7) is 8.94. The number of amides is 1. The van der Waals surface area contributed by atoms with Crippen molar-refractivity contribution in [3.63, 3.8) is 0 Å². The number of carbonyl (C=O) groups excluding carboxylic acids is 1. The fourth-order valence-electron chi connectivity index (χ4n) is 1.59. The number of rotatable bonds is 7. The lowest BCUT2D eigenvalue weighted by Gasteiger charge is -2.08. The molecule has 100 valence electrons. The predicted molar refractivity (Wildman–Crippen MR) is 75.8 cm³/mol. The molecule has 0 bridgehead atoms. The highest BCUT2D eigenvalue weighted by atomic mass is 16.1. The van der Waals surface area contributed by atoms with E-state index in [4.69, 9.17) is 0 Å². The van der Waals surface area contributed by atoms with E-state index in [2.05, 4.69) is 24.5 Å². The molecule has 0 aliphatic carbocycles. The Kier molecular flexibility index (Phi) is 6.44. The average Bonchev–Trinajstić information content (AvgIpc) is 2.34. The lowest BCUT2D eigenvalue weighted by Crippen LogP contribution is -2.32. The summed E-state index contributed by atoms with van der Waals surface area (Å²) in [6, 6.07) is 7.62. The van der Waals surface area contributed by atoms with Crippen LogP contribution in [-0.2, 0) is 0 Å². The number of nitrogens with one attached hydrogen (secondary N) is 2. The second-order valence-corrected chi connectivity index (χ2v) is 5.05. The molecule has 0 unspecified atom stereocenters. The molecule has 0 heterocycles. The van der Waals surface area contributed by atoms with E-state index in [1.807, 2.05) is 31.2 Å². The number of carbonyl (C=O) groups is 1. The van der Waals surface area contributed by atoms with Crippen LogP contribution in [-0.4, -0.2) is 25.5 Å². The molecule has 0 aliphatic heterocycles. The molecule has 1 rings (SSSR count). The van der Waals surface area contributed by atoms with Gasteiger partial charge in [0.15, 0.2) is 0 Å². The molecule has 1 aromatic rings. The first kappa shape index (κ1) is 14.7. The third-order valence-electron chi connectivity index (χ3n) is 2.80. The summed E-state index contributed by atoms with van der Waals surface area (Å²) in [6.07, 6.45) is 1.17. The van der Waals surface area contributed by atoms with E-state index in [-0.39, 0.29) is 5.91 Å². The lowest BCUT2D eigenvalue weighted by molar-refractivity contribution is 0.0954. The third kappa shape index (κ3) is 5.82. The molecule has 3 nitrogen and oxygen atoms in total. The number of benzene rings is 1. The van der Waals surface area contributed by atoms with Gasteiger partial charge in [0.25, 0.3) is 5.91 Å². The van der Waals surface area contributed by atoms with Gasteiger partial charge in [0.1, 0.15) is 0 Å². The zero-order chi connectivity index (χ0) is 13.4. The summed E-state index contributed by atoms with van der Waals surface area (Å²) >= 11 is 0. The van der Waals surface area contributed by atoms with Crippen LogP contribution in [0, 0.1) is 12.8 Å². The highest BCUT2D eigenvalue weighted by Gasteiger charge is 2.03. The van der Waals surface area contributed by atoms with E-state index in [9.17, 15) is 4.79 Å². The number of aryl methyl sites for hydroxylation is 1. The first-order valence-electron chi connectivity index (χ1n) is 6.65. The van der Waals surface area contributed by atoms with Gasteiger partial charge in [0, 0.05) is 18.7 Å². The Morgan fingerprint density at radius 1 is 1.11 bits per heavy atom. The maximum atomic E-state index is 11.8. The normalized spacial score (nSPS) is 10.7. The van der Waals surface area contributed by atoms with E-state index in [1.54, 1.807) is 0 Å². The van der Waals surface area contributed by atoms with Gasteiger partial charge in [-0.2, -0.15) is 0 Å². The Bertz CT molecular complexity index is 357. The van der Waals surface area contributed by atoms with E-state index in [1.165, 1.54) is 12.0 Å². The zero-order valence-corrected chi connectivity index (χ0v) is 11.6. The van der Waals surface area contributed by atoms with Gasteiger partial charge < -0.3 is 10.6 Å². The van der Waals surface area contributed by atoms with Gasteiger partial charge in [0.05, 0.1) is 0 Å². The van der Waals surface area contributed by atoms with Crippen molar-refractivity contribution in [2.45, 2.75) is 27.2 Å². The summed E-state index contributed by atoms with van der Waals surface area (Å²) in [5.41, 5.74) is 1.89. The minimum Gasteiger partial charge on any atom is -0.351 e. The van der Waals surface area contributed by atoms with Gasteiger partial charge in [-0.3, -0.25) is 4.79 Å². The molecule has 1 aromatic carbocycles. The second-order valence-electron chi connectivity index (χ2n) is 5.05. The molecule has 0 saturated carbocycles. The van der Waals surface area contributed by atoms with Gasteiger partial charge in [-0.05, 0) is 37.9 Å². The van der Waals surface area contributed by atoms with Gasteiger partial charge >= 0.3 is 0 Å². The van der Waals surface area contributed by atoms with E-state index in [0.29, 0.717) is 6.54 Å². The highest BCUT2D eigenvalue weighted by molar-refractivity contribution is 5.94. The van der Waals surface area contributed by atoms with Crippen LogP contribution in [0.15, 0.2) is 24.3 Å². The van der Waals surface area contributed by atoms with Crippen molar-refractivity contribution in [1.29, 1.82) is 0 Å². The van der Waals surface area contributed by atoms with E-state index in [0.717, 1.165) is 24.6 Å². The van der Waals surface area contributed by atoms with Crippen molar-refractivity contribution in [3.05, 3.63) is 35.4 Å². The molecule has 1 amide bonds. The SMILES string of the molecule is Cc1ccc(C(=O)NCCNCCC(C)C)cc1. The fourth-order valence-corrected chi connectivity index (χ4v) is 1.59. The van der Waals surface area contributed by atoms with Gasteiger partial charge in [-0.15, -0.1) is 0 Å². The van der Waals surface area contributed by atoms with Crippen LogP contribution in [0.2, 0.25) is 0 Å². The standard InChI is InChI=1S/C15H24N2O/c1-12(2)8-9-16-10-11-17-15(18)14-6-4-13(3)5-7-14/h4-7,12,16H,8-11H2,1-3H3,(H,17,18). The van der Waals surface area contributed by atoms with Crippen molar-refractivity contribution in [2.75, 3.05) is 19.6 Å². The van der Waals surface area contributed by atoms with Crippen molar-refractivity contribution >= 4 is 5.91 Å². The van der Waals surface area contributed by atoms with E-state index < -0.39 is 0 Å². The average molecular weight is 248 g/mol. The molecular weight excluding hydrogens is 224 g/mol. The van der Waals surface area contributed by atoms with Crippen LogP contribution in [0.4, 0.5) is 0 Å². The largest absolute Gasteiger partial charge is 0.351 e. The monoisotopic (exact) mass is 248 g/mol. The number of hydrogen-bond donors (Lipinski definition) is 2. The van der Waals surface area contributed by atoms with Crippen LogP contribution >= 0.6 is 0 Å². The van der Waals surface area contributed by atoms with Crippen molar-refractivity contribution in [2.24, 2.45) is 5.92 Å². The quantitative estimate of drug-likeness (QED) is 0.727. The first-order chi connectivity index (χ1) is 8.59. The molecule has 0 fully saturated rings. The molecule has 0 saturated heterocycles. The van der Waals surface area contributed by atoms with Crippen LogP contribution in [0.3, 0.4) is 0 Å². The highest BCUT2D eigenvalue weighted by Crippen LogP contribution is 2.02. The van der Waals surface area contributed by atoms with Crippen molar-refractivity contribution < 1.29 is 4.79 Å². The maximum Gasteiger partial charge on any atom is 0.251 e. The summed E-state index contributed by atoms with van der Waals surface area (Å²) in [5, 5.41) is 6.22. The Morgan fingerprint density at radius 3 is 2.39 bits per heavy atom. The predicted octanol–water partition coefficient (Wildman–Crippen LogP) is 2.36. The minimum atomic E-state index is 0.000611. The molecule has 0 aliphatic rings. The summed E-state index contributed by atoms with van der Waals surface area (Å²) in [4.78, 5) is 11.8. The maximum absolute atomic E-state index is 11.8. The smallest absolute Gasteiger partial charge is 0.251 e. The Morgan fingerprint density at radius 2 is 1.78 bits per heavy atom. The summed E-state index contributed by atoms with van der Waals surface area (Å²) in [7, 11) is 0. The minimum absolute atomic E-state index is 0.000611. The lowest BCUT2D eigenvalue weighted by atomic mass is 10.1. The van der Waals surface area contributed by atoms with Crippen LogP contribution in [0.5, 0.6) is 0 Å². The molecule has 18 heavy (non-hydrogen) atoms. The van der Waals surface area contributed by atoms with Crippen molar-refractivity contribution in [1.82, 2.24) is 10.6 Å². The Balaban J connectivity index is 2.16. The molecule has 0 atom stereocenters. The molecule has 0 aromatic heterocycles. The Hall–Kier alpha value is -1.35. The topological polar surface area (TPSA) is 41.1 Å². The van der Waals surface area contributed by atoms with Crippen LogP contribution in [0.25, 0.3) is 0 Å². The molecule has 3 heteroatoms. The summed E-state index contributed by atoms with van der Waals surface area (Å²) < 4.78 is 0. The van der Waals surface area contributed by atoms with Crippen LogP contribution < -0.4 is 10.6 Å². The molecular formula is C15H24N2O. The fraction of sp³-hybridized carbons (Fsp3) is 0.533. The first-order valence-corrected chi connectivity index (χ1v) is 6.65. The second kappa shape index (κ2) is 7.88. The van der Waals surface area contributed by atoms with E-state index >= 15 is 0 Å².